The fourth-order valence-corrected chi connectivity index (χ4v) is 7.51. The summed E-state index contributed by atoms with van der Waals surface area (Å²) in [6.07, 6.45) is 1.91. The van der Waals surface area contributed by atoms with Crippen LogP contribution in [0.15, 0.2) is 152 Å². The molecule has 3 heterocycles. The zero-order chi connectivity index (χ0) is 37.0. The van der Waals surface area contributed by atoms with E-state index in [2.05, 4.69) is 195 Å². The van der Waals surface area contributed by atoms with Crippen LogP contribution >= 0.6 is 0 Å². The molecule has 0 atom stereocenters. The number of hydrogen-bond acceptors (Lipinski definition) is 4. The Kier molecular flexibility index (Phi) is 9.39. The van der Waals surface area contributed by atoms with Gasteiger partial charge in [-0.3, -0.25) is 0 Å². The van der Waals surface area contributed by atoms with Crippen LogP contribution in [0.2, 0.25) is 0 Å². The Morgan fingerprint density at radius 2 is 1.27 bits per heavy atom. The number of aromatic nitrogens is 2. The molecule has 6 aromatic carbocycles. The standard InChI is InChI=1S/C49H41N4O.Pt/c1-48(2,3)35-17-13-18-37(29-35)51-33-52(45-24-12-11-23-44(45)51)38-19-14-20-39(31-38)54-40-25-26-42-41-21-9-10-22-43(41)53(46(42)32-40)47-30-36(27-28-50-47)49(4,5)34-15-7-6-8-16-34;/h6-30,33H,1-5H3;/q-3;. The van der Waals surface area contributed by atoms with Crippen LogP contribution < -0.4 is 14.5 Å². The number of fused-ring (bicyclic) bond motifs is 4. The average Bonchev–Trinajstić information content (AvgIpc) is 3.74. The maximum atomic E-state index is 6.56. The Morgan fingerprint density at radius 3 is 2.07 bits per heavy atom. The van der Waals surface area contributed by atoms with Crippen molar-refractivity contribution >= 4 is 44.6 Å². The van der Waals surface area contributed by atoms with Gasteiger partial charge in [0.25, 0.3) is 0 Å². The van der Waals surface area contributed by atoms with Gasteiger partial charge in [0.15, 0.2) is 0 Å². The number of nitrogens with zero attached hydrogens (tertiary/aromatic N) is 4. The molecule has 2 aromatic heterocycles. The van der Waals surface area contributed by atoms with Crippen LogP contribution in [-0.2, 0) is 31.9 Å². The molecule has 0 amide bonds. The van der Waals surface area contributed by atoms with E-state index in [9.17, 15) is 0 Å². The maximum absolute atomic E-state index is 6.56. The summed E-state index contributed by atoms with van der Waals surface area (Å²) in [5.41, 5.74) is 9.72. The molecule has 0 fully saturated rings. The number of hydrogen-bond donors (Lipinski definition) is 0. The molecule has 0 saturated heterocycles. The van der Waals surface area contributed by atoms with E-state index < -0.39 is 0 Å². The van der Waals surface area contributed by atoms with E-state index >= 15 is 0 Å². The molecule has 55 heavy (non-hydrogen) atoms. The van der Waals surface area contributed by atoms with Crippen molar-refractivity contribution in [3.63, 3.8) is 0 Å². The molecule has 1 aliphatic heterocycles. The quantitative estimate of drug-likeness (QED) is 0.149. The number of pyridine rings is 1. The first-order valence-electron chi connectivity index (χ1n) is 18.5. The Balaban J connectivity index is 0.00000427. The van der Waals surface area contributed by atoms with E-state index in [-0.39, 0.29) is 31.9 Å². The molecular formula is C49H41N4OPt-3. The molecule has 0 saturated carbocycles. The Hall–Kier alpha value is -5.64. The minimum absolute atomic E-state index is 0. The van der Waals surface area contributed by atoms with Crippen molar-refractivity contribution in [1.29, 1.82) is 0 Å². The van der Waals surface area contributed by atoms with Crippen molar-refractivity contribution in [2.75, 3.05) is 9.80 Å². The summed E-state index contributed by atoms with van der Waals surface area (Å²) in [6, 6.07) is 57.9. The fourth-order valence-electron chi connectivity index (χ4n) is 7.51. The second kappa shape index (κ2) is 14.2. The number of ether oxygens (including phenoxy) is 1. The van der Waals surface area contributed by atoms with Crippen LogP contribution in [0.1, 0.15) is 51.3 Å². The Bertz CT molecular complexity index is 2660. The molecule has 0 bridgehead atoms. The maximum Gasteiger partial charge on any atom is 0.135 e. The minimum atomic E-state index is -0.211. The van der Waals surface area contributed by atoms with E-state index in [1.165, 1.54) is 16.7 Å². The first kappa shape index (κ1) is 36.3. The summed E-state index contributed by atoms with van der Waals surface area (Å²) in [4.78, 5) is 9.32. The zero-order valence-corrected chi connectivity index (χ0v) is 33.8. The molecule has 9 rings (SSSR count). The summed E-state index contributed by atoms with van der Waals surface area (Å²) in [5.74, 6) is 2.05. The predicted octanol–water partition coefficient (Wildman–Crippen LogP) is 12.6. The number of benzene rings is 6. The fraction of sp³-hybridized carbons (Fsp3) is 0.143. The van der Waals surface area contributed by atoms with Crippen molar-refractivity contribution < 1.29 is 25.8 Å². The third-order valence-electron chi connectivity index (χ3n) is 10.6. The van der Waals surface area contributed by atoms with Crippen LogP contribution in [0.25, 0.3) is 27.6 Å². The average molecular weight is 897 g/mol. The largest absolute Gasteiger partial charge is 0.509 e. The summed E-state index contributed by atoms with van der Waals surface area (Å²) < 4.78 is 8.76. The van der Waals surface area contributed by atoms with Gasteiger partial charge in [-0.1, -0.05) is 113 Å². The summed E-state index contributed by atoms with van der Waals surface area (Å²) in [5, 5.41) is 2.23. The van der Waals surface area contributed by atoms with Crippen LogP contribution in [0, 0.1) is 18.8 Å². The molecule has 1 aliphatic rings. The predicted molar refractivity (Wildman–Crippen MR) is 221 cm³/mol. The van der Waals surface area contributed by atoms with Gasteiger partial charge in [-0.25, -0.2) is 4.98 Å². The summed E-state index contributed by atoms with van der Waals surface area (Å²) >= 11 is 0. The van der Waals surface area contributed by atoms with Gasteiger partial charge in [0.1, 0.15) is 5.82 Å². The third kappa shape index (κ3) is 6.61. The number of rotatable bonds is 7. The first-order chi connectivity index (χ1) is 26.1. The monoisotopic (exact) mass is 896 g/mol. The molecule has 6 heteroatoms. The van der Waals surface area contributed by atoms with Crippen molar-refractivity contribution in [1.82, 2.24) is 9.55 Å². The molecule has 0 N–H and O–H groups in total. The van der Waals surface area contributed by atoms with Crippen LogP contribution in [0.5, 0.6) is 11.5 Å². The van der Waals surface area contributed by atoms with Crippen molar-refractivity contribution in [3.05, 3.63) is 187 Å². The first-order valence-corrected chi connectivity index (χ1v) is 18.5. The van der Waals surface area contributed by atoms with E-state index in [4.69, 9.17) is 9.72 Å². The molecule has 0 spiro atoms. The van der Waals surface area contributed by atoms with Crippen molar-refractivity contribution in [2.24, 2.45) is 0 Å². The van der Waals surface area contributed by atoms with Gasteiger partial charge in [-0.2, -0.15) is 12.1 Å². The molecule has 276 valence electrons. The van der Waals surface area contributed by atoms with Gasteiger partial charge in [-0.05, 0) is 70.0 Å². The molecule has 0 unspecified atom stereocenters. The molecule has 8 aromatic rings. The van der Waals surface area contributed by atoms with Gasteiger partial charge in [0.2, 0.25) is 0 Å². The topological polar surface area (TPSA) is 33.5 Å². The van der Waals surface area contributed by atoms with Gasteiger partial charge in [-0.15, -0.1) is 48.1 Å². The smallest absolute Gasteiger partial charge is 0.135 e. The SMILES string of the molecule is CC(C)(C)c1cccc(N2[CH-]N(c3[c-]c(Oc4[c-]c5c(cc4)c4ccccc4n5-c4cc(C(C)(C)c5ccccc5)ccn4)ccc3)c3ccccc32)c1.[Pt]. The van der Waals surface area contributed by atoms with Gasteiger partial charge >= 0.3 is 0 Å². The van der Waals surface area contributed by atoms with Crippen LogP contribution in [0.4, 0.5) is 22.7 Å². The third-order valence-corrected chi connectivity index (χ3v) is 10.6. The van der Waals surface area contributed by atoms with E-state index in [0.717, 1.165) is 50.4 Å². The minimum Gasteiger partial charge on any atom is -0.509 e. The molecule has 0 radical (unpaired) electrons. The normalized spacial score (nSPS) is 12.9. The van der Waals surface area contributed by atoms with E-state index in [0.29, 0.717) is 11.5 Å². The van der Waals surface area contributed by atoms with Crippen LogP contribution in [0.3, 0.4) is 0 Å². The summed E-state index contributed by atoms with van der Waals surface area (Å²) in [7, 11) is 0. The number of anilines is 4. The van der Waals surface area contributed by atoms with E-state index in [1.807, 2.05) is 24.4 Å². The van der Waals surface area contributed by atoms with Crippen LogP contribution in [-0.4, -0.2) is 9.55 Å². The second-order valence-corrected chi connectivity index (χ2v) is 15.5. The zero-order valence-electron chi connectivity index (χ0n) is 31.5. The number of para-hydroxylation sites is 3. The molecule has 5 nitrogen and oxygen atoms in total. The Morgan fingerprint density at radius 1 is 0.582 bits per heavy atom. The van der Waals surface area contributed by atoms with E-state index in [1.54, 1.807) is 0 Å². The molecular weight excluding hydrogens is 856 g/mol. The Labute approximate surface area is 338 Å². The van der Waals surface area contributed by atoms with Crippen molar-refractivity contribution in [2.45, 2.75) is 45.4 Å². The van der Waals surface area contributed by atoms with Crippen molar-refractivity contribution in [3.8, 4) is 17.3 Å². The van der Waals surface area contributed by atoms with Gasteiger partial charge < -0.3 is 19.1 Å². The summed E-state index contributed by atoms with van der Waals surface area (Å²) in [6.45, 7) is 13.4. The molecule has 0 aliphatic carbocycles. The second-order valence-electron chi connectivity index (χ2n) is 15.5. The van der Waals surface area contributed by atoms with Gasteiger partial charge in [0.05, 0.1) is 0 Å². The van der Waals surface area contributed by atoms with Gasteiger partial charge in [0, 0.05) is 66.8 Å².